The van der Waals surface area contributed by atoms with E-state index in [-0.39, 0.29) is 16.7 Å². The third kappa shape index (κ3) is 4.06. The lowest BCUT2D eigenvalue weighted by Crippen LogP contribution is -2.31. The van der Waals surface area contributed by atoms with Gasteiger partial charge in [-0.05, 0) is 23.7 Å². The van der Waals surface area contributed by atoms with Crippen LogP contribution in [0, 0.1) is 0 Å². The maximum atomic E-state index is 11.0. The molecule has 0 radical (unpaired) electrons. The number of carbonyl (C=O) groups excluding carboxylic acids is 1. The number of hydrogen-bond acceptors (Lipinski definition) is 5. The number of hydrogen-bond donors (Lipinski definition) is 4. The highest BCUT2D eigenvalue weighted by molar-refractivity contribution is 7.92. The molecule has 7 nitrogen and oxygen atoms in total. The zero-order valence-electron chi connectivity index (χ0n) is 8.91. The molecule has 0 saturated heterocycles. The zero-order chi connectivity index (χ0) is 13.2. The van der Waals surface area contributed by atoms with E-state index in [0.29, 0.717) is 0 Å². The summed E-state index contributed by atoms with van der Waals surface area (Å²) in [5.41, 5.74) is 5.01. The standard InChI is InChI=1S/C8H11BN2O5S/c1-17(15,16)11-7-3-5(8(10)12)2-6(4-7)9(13)14/h2-4,11,13-14H,1H3,(H2,10,12). The second kappa shape index (κ2) is 4.74. The summed E-state index contributed by atoms with van der Waals surface area (Å²) in [7, 11) is -5.35. The van der Waals surface area contributed by atoms with Crippen molar-refractivity contribution in [2.24, 2.45) is 5.73 Å². The predicted molar refractivity (Wildman–Crippen MR) is 63.3 cm³/mol. The lowest BCUT2D eigenvalue weighted by atomic mass is 9.79. The molecule has 0 unspecified atom stereocenters. The van der Waals surface area contributed by atoms with Crippen molar-refractivity contribution in [1.82, 2.24) is 0 Å². The summed E-state index contributed by atoms with van der Waals surface area (Å²) in [4.78, 5) is 11.0. The van der Waals surface area contributed by atoms with Gasteiger partial charge >= 0.3 is 7.12 Å². The van der Waals surface area contributed by atoms with Gasteiger partial charge in [-0.25, -0.2) is 8.42 Å². The van der Waals surface area contributed by atoms with E-state index in [2.05, 4.69) is 4.72 Å². The van der Waals surface area contributed by atoms with Crippen molar-refractivity contribution in [3.05, 3.63) is 23.8 Å². The number of benzene rings is 1. The quantitative estimate of drug-likeness (QED) is 0.457. The highest BCUT2D eigenvalue weighted by atomic mass is 32.2. The summed E-state index contributed by atoms with van der Waals surface area (Å²) in [5.74, 6) is -0.802. The molecule has 0 spiro atoms. The maximum absolute atomic E-state index is 11.0. The number of sulfonamides is 1. The zero-order valence-corrected chi connectivity index (χ0v) is 9.73. The lowest BCUT2D eigenvalue weighted by Gasteiger charge is -2.08. The minimum Gasteiger partial charge on any atom is -0.423 e. The first-order valence-corrected chi connectivity index (χ1v) is 6.37. The Morgan fingerprint density at radius 1 is 1.35 bits per heavy atom. The fourth-order valence-electron chi connectivity index (χ4n) is 1.22. The van der Waals surface area contributed by atoms with Gasteiger partial charge in [0, 0.05) is 11.3 Å². The number of carbonyl (C=O) groups is 1. The Labute approximate surface area is 98.5 Å². The first-order valence-electron chi connectivity index (χ1n) is 4.48. The third-order valence-electron chi connectivity index (χ3n) is 1.84. The predicted octanol–water partition coefficient (Wildman–Crippen LogP) is -2.16. The van der Waals surface area contributed by atoms with Crippen molar-refractivity contribution in [3.8, 4) is 0 Å². The van der Waals surface area contributed by atoms with Gasteiger partial charge in [0.1, 0.15) is 0 Å². The average molecular weight is 258 g/mol. The topological polar surface area (TPSA) is 130 Å². The molecule has 5 N–H and O–H groups in total. The molecular weight excluding hydrogens is 247 g/mol. The van der Waals surface area contributed by atoms with Gasteiger partial charge in [0.05, 0.1) is 6.26 Å². The van der Waals surface area contributed by atoms with Crippen LogP contribution in [0.25, 0.3) is 0 Å². The van der Waals surface area contributed by atoms with Crippen LogP contribution in [-0.2, 0) is 10.0 Å². The van der Waals surface area contributed by atoms with Crippen LogP contribution < -0.4 is 15.9 Å². The van der Waals surface area contributed by atoms with Gasteiger partial charge in [-0.3, -0.25) is 9.52 Å². The van der Waals surface area contributed by atoms with Gasteiger partial charge in [-0.1, -0.05) is 0 Å². The smallest absolute Gasteiger partial charge is 0.423 e. The Hall–Kier alpha value is -1.58. The second-order valence-electron chi connectivity index (χ2n) is 3.46. The Kier molecular flexibility index (Phi) is 3.76. The van der Waals surface area contributed by atoms with E-state index in [1.165, 1.54) is 18.2 Å². The highest BCUT2D eigenvalue weighted by Gasteiger charge is 2.16. The van der Waals surface area contributed by atoms with E-state index in [4.69, 9.17) is 15.8 Å². The van der Waals surface area contributed by atoms with Crippen LogP contribution in [0.3, 0.4) is 0 Å². The normalized spacial score (nSPS) is 11.0. The number of nitrogens with two attached hydrogens (primary N) is 1. The number of anilines is 1. The second-order valence-corrected chi connectivity index (χ2v) is 5.20. The van der Waals surface area contributed by atoms with Crippen molar-refractivity contribution in [3.63, 3.8) is 0 Å². The fraction of sp³-hybridized carbons (Fsp3) is 0.125. The van der Waals surface area contributed by atoms with Gasteiger partial charge in [0.25, 0.3) is 0 Å². The molecule has 1 aromatic carbocycles. The molecule has 0 aliphatic carbocycles. The van der Waals surface area contributed by atoms with Crippen LogP contribution in [0.1, 0.15) is 10.4 Å². The fourth-order valence-corrected chi connectivity index (χ4v) is 1.76. The van der Waals surface area contributed by atoms with Gasteiger partial charge in [0.15, 0.2) is 0 Å². The molecule has 0 atom stereocenters. The summed E-state index contributed by atoms with van der Waals surface area (Å²) < 4.78 is 24.1. The molecule has 0 bridgehead atoms. The van der Waals surface area contributed by atoms with Crippen molar-refractivity contribution >= 4 is 34.2 Å². The van der Waals surface area contributed by atoms with Gasteiger partial charge in [-0.15, -0.1) is 0 Å². The summed E-state index contributed by atoms with van der Waals surface area (Å²) in [5, 5.41) is 18.0. The van der Waals surface area contributed by atoms with Crippen LogP contribution in [0.4, 0.5) is 5.69 Å². The number of nitrogens with one attached hydrogen (secondary N) is 1. The van der Waals surface area contributed by atoms with Gasteiger partial charge in [0.2, 0.25) is 15.9 Å². The lowest BCUT2D eigenvalue weighted by molar-refractivity contribution is 0.100. The van der Waals surface area contributed by atoms with Crippen molar-refractivity contribution in [1.29, 1.82) is 0 Å². The highest BCUT2D eigenvalue weighted by Crippen LogP contribution is 2.10. The molecular formula is C8H11BN2O5S. The Morgan fingerprint density at radius 2 is 1.94 bits per heavy atom. The molecule has 0 aliphatic heterocycles. The van der Waals surface area contributed by atoms with Crippen molar-refractivity contribution in [2.75, 3.05) is 11.0 Å². The Bertz CT molecular complexity index is 543. The minimum absolute atomic E-state index is 0.0262. The van der Waals surface area contributed by atoms with E-state index in [1.807, 2.05) is 0 Å². The first-order chi connectivity index (χ1) is 7.69. The summed E-state index contributed by atoms with van der Waals surface area (Å²) >= 11 is 0. The summed E-state index contributed by atoms with van der Waals surface area (Å²) in [6.07, 6.45) is 0.930. The Balaban J connectivity index is 3.26. The minimum atomic E-state index is -3.53. The van der Waals surface area contributed by atoms with Crippen LogP contribution in [0.5, 0.6) is 0 Å². The molecule has 9 heteroatoms. The molecule has 92 valence electrons. The molecule has 0 heterocycles. The Morgan fingerprint density at radius 3 is 2.35 bits per heavy atom. The van der Waals surface area contributed by atoms with Crippen LogP contribution in [0.15, 0.2) is 18.2 Å². The van der Waals surface area contributed by atoms with E-state index < -0.39 is 23.0 Å². The number of primary amides is 1. The number of amides is 1. The molecule has 1 amide bonds. The molecule has 0 fully saturated rings. The van der Waals surface area contributed by atoms with E-state index >= 15 is 0 Å². The van der Waals surface area contributed by atoms with Crippen LogP contribution in [-0.4, -0.2) is 37.7 Å². The van der Waals surface area contributed by atoms with Crippen LogP contribution >= 0.6 is 0 Å². The van der Waals surface area contributed by atoms with Gasteiger partial charge < -0.3 is 15.8 Å². The molecule has 0 aromatic heterocycles. The molecule has 1 rings (SSSR count). The van der Waals surface area contributed by atoms with Crippen molar-refractivity contribution in [2.45, 2.75) is 0 Å². The largest absolute Gasteiger partial charge is 0.488 e. The van der Waals surface area contributed by atoms with E-state index in [1.54, 1.807) is 0 Å². The summed E-state index contributed by atoms with van der Waals surface area (Å²) in [6.45, 7) is 0. The maximum Gasteiger partial charge on any atom is 0.488 e. The van der Waals surface area contributed by atoms with Gasteiger partial charge in [-0.2, -0.15) is 0 Å². The van der Waals surface area contributed by atoms with Crippen LogP contribution in [0.2, 0.25) is 0 Å². The summed E-state index contributed by atoms with van der Waals surface area (Å²) in [6, 6.07) is 3.56. The first kappa shape index (κ1) is 13.5. The average Bonchev–Trinajstić information content (AvgIpc) is 2.14. The SMILES string of the molecule is CS(=O)(=O)Nc1cc(B(O)O)cc(C(N)=O)c1. The molecule has 17 heavy (non-hydrogen) atoms. The molecule has 0 saturated carbocycles. The number of rotatable bonds is 4. The van der Waals surface area contributed by atoms with E-state index in [0.717, 1.165) is 6.26 Å². The third-order valence-corrected chi connectivity index (χ3v) is 2.45. The monoisotopic (exact) mass is 258 g/mol. The van der Waals surface area contributed by atoms with E-state index in [9.17, 15) is 13.2 Å². The molecule has 1 aromatic rings. The van der Waals surface area contributed by atoms with Crippen molar-refractivity contribution < 1.29 is 23.3 Å². The molecule has 0 aliphatic rings.